The molecule has 1 rings (SSSR count). The van der Waals surface area contributed by atoms with Crippen LogP contribution in [0.5, 0.6) is 0 Å². The number of rotatable bonds is 4. The highest BCUT2D eigenvalue weighted by molar-refractivity contribution is 6.31. The summed E-state index contributed by atoms with van der Waals surface area (Å²) in [5.41, 5.74) is 6.46. The molecular formula is C11H15ClN2O2. The number of benzene rings is 1. The summed E-state index contributed by atoms with van der Waals surface area (Å²) in [6.07, 6.45) is 0.516. The van der Waals surface area contributed by atoms with E-state index in [1.807, 2.05) is 6.92 Å². The van der Waals surface area contributed by atoms with Gasteiger partial charge < -0.3 is 16.2 Å². The number of nitrogens with one attached hydrogen (secondary N) is 1. The van der Waals surface area contributed by atoms with Gasteiger partial charge in [-0.3, -0.25) is 4.79 Å². The van der Waals surface area contributed by atoms with Crippen molar-refractivity contribution >= 4 is 23.2 Å². The van der Waals surface area contributed by atoms with Crippen molar-refractivity contribution < 1.29 is 9.90 Å². The molecule has 1 unspecified atom stereocenters. The number of aliphatic hydroxyl groups excluding tert-OH is 1. The zero-order valence-electron chi connectivity index (χ0n) is 9.03. The second kappa shape index (κ2) is 5.72. The van der Waals surface area contributed by atoms with E-state index in [4.69, 9.17) is 22.4 Å². The maximum Gasteiger partial charge on any atom is 0.251 e. The van der Waals surface area contributed by atoms with Crippen LogP contribution in [0.3, 0.4) is 0 Å². The second-order valence-electron chi connectivity index (χ2n) is 3.66. The lowest BCUT2D eigenvalue weighted by Gasteiger charge is -2.12. The van der Waals surface area contributed by atoms with Crippen LogP contribution in [0.1, 0.15) is 23.7 Å². The number of nitrogen functional groups attached to an aromatic ring is 1. The predicted molar refractivity (Wildman–Crippen MR) is 64.5 cm³/mol. The molecule has 0 bridgehead atoms. The van der Waals surface area contributed by atoms with Crippen molar-refractivity contribution in [3.05, 3.63) is 28.8 Å². The molecule has 0 heterocycles. The van der Waals surface area contributed by atoms with Gasteiger partial charge in [-0.15, -0.1) is 0 Å². The molecule has 16 heavy (non-hydrogen) atoms. The Morgan fingerprint density at radius 1 is 1.56 bits per heavy atom. The van der Waals surface area contributed by atoms with Crippen molar-refractivity contribution in [3.63, 3.8) is 0 Å². The first-order valence-corrected chi connectivity index (χ1v) is 5.38. The van der Waals surface area contributed by atoms with Crippen LogP contribution in [0.25, 0.3) is 0 Å². The molecule has 0 saturated heterocycles. The average molecular weight is 243 g/mol. The summed E-state index contributed by atoms with van der Waals surface area (Å²) >= 11 is 5.79. The van der Waals surface area contributed by atoms with Gasteiger partial charge in [-0.2, -0.15) is 0 Å². The molecule has 0 aliphatic carbocycles. The Bertz CT molecular complexity index is 362. The molecule has 1 aromatic carbocycles. The number of nitrogens with two attached hydrogens (primary N) is 1. The molecule has 5 heteroatoms. The van der Waals surface area contributed by atoms with Gasteiger partial charge in [0.15, 0.2) is 0 Å². The van der Waals surface area contributed by atoms with E-state index in [9.17, 15) is 4.79 Å². The fourth-order valence-electron chi connectivity index (χ4n) is 1.32. The molecule has 4 nitrogen and oxygen atoms in total. The molecule has 0 aliphatic heterocycles. The Hall–Kier alpha value is -1.26. The van der Waals surface area contributed by atoms with E-state index in [2.05, 4.69) is 5.32 Å². The van der Waals surface area contributed by atoms with Crippen LogP contribution >= 0.6 is 11.6 Å². The van der Waals surface area contributed by atoms with E-state index in [1.165, 1.54) is 0 Å². The lowest BCUT2D eigenvalue weighted by Crippen LogP contribution is -2.33. The van der Waals surface area contributed by atoms with E-state index in [0.717, 1.165) is 0 Å². The third-order valence-electron chi connectivity index (χ3n) is 2.12. The largest absolute Gasteiger partial charge is 0.399 e. The van der Waals surface area contributed by atoms with Crippen molar-refractivity contribution in [1.29, 1.82) is 0 Å². The maximum atomic E-state index is 11.7. The Labute approximate surface area is 99.4 Å². The second-order valence-corrected chi connectivity index (χ2v) is 4.10. The maximum absolute atomic E-state index is 11.7. The van der Waals surface area contributed by atoms with Crippen LogP contribution in [0, 0.1) is 0 Å². The van der Waals surface area contributed by atoms with Crippen molar-refractivity contribution in [1.82, 2.24) is 5.32 Å². The van der Waals surface area contributed by atoms with E-state index < -0.39 is 0 Å². The van der Waals surface area contributed by atoms with Gasteiger partial charge in [-0.1, -0.05) is 11.6 Å². The van der Waals surface area contributed by atoms with Gasteiger partial charge in [-0.05, 0) is 31.5 Å². The van der Waals surface area contributed by atoms with Crippen molar-refractivity contribution in [3.8, 4) is 0 Å². The lowest BCUT2D eigenvalue weighted by atomic mass is 10.1. The minimum absolute atomic E-state index is 0.0408. The quantitative estimate of drug-likeness (QED) is 0.699. The number of aliphatic hydroxyl groups is 1. The van der Waals surface area contributed by atoms with E-state index >= 15 is 0 Å². The number of amides is 1. The zero-order valence-corrected chi connectivity index (χ0v) is 9.79. The van der Waals surface area contributed by atoms with Crippen molar-refractivity contribution in [2.45, 2.75) is 19.4 Å². The predicted octanol–water partition coefficient (Wildman–Crippen LogP) is 1.42. The van der Waals surface area contributed by atoms with Crippen LogP contribution < -0.4 is 11.1 Å². The first-order valence-electron chi connectivity index (χ1n) is 5.00. The third kappa shape index (κ3) is 3.72. The molecule has 4 N–H and O–H groups in total. The van der Waals surface area contributed by atoms with E-state index in [1.54, 1.807) is 18.2 Å². The summed E-state index contributed by atoms with van der Waals surface area (Å²) in [7, 11) is 0. The standard InChI is InChI=1S/C11H15ClN2O2/c1-7(2-3-15)14-11(16)8-4-9(12)6-10(13)5-8/h4-7,15H,2-3,13H2,1H3,(H,14,16). The summed E-state index contributed by atoms with van der Waals surface area (Å²) in [5.74, 6) is -0.241. The Morgan fingerprint density at radius 2 is 2.25 bits per heavy atom. The normalized spacial score (nSPS) is 12.2. The van der Waals surface area contributed by atoms with Crippen LogP contribution in [-0.2, 0) is 0 Å². The minimum atomic E-state index is -0.241. The average Bonchev–Trinajstić information content (AvgIpc) is 2.16. The fraction of sp³-hybridized carbons (Fsp3) is 0.364. The molecule has 0 spiro atoms. The molecular weight excluding hydrogens is 228 g/mol. The smallest absolute Gasteiger partial charge is 0.251 e. The van der Waals surface area contributed by atoms with Crippen LogP contribution in [0.15, 0.2) is 18.2 Å². The van der Waals surface area contributed by atoms with Crippen LogP contribution in [-0.4, -0.2) is 23.7 Å². The fourth-order valence-corrected chi connectivity index (χ4v) is 1.56. The van der Waals surface area contributed by atoms with E-state index in [0.29, 0.717) is 22.7 Å². The van der Waals surface area contributed by atoms with Gasteiger partial charge in [0.05, 0.1) is 0 Å². The molecule has 0 radical (unpaired) electrons. The van der Waals surface area contributed by atoms with E-state index in [-0.39, 0.29) is 18.6 Å². The van der Waals surface area contributed by atoms with Gasteiger partial charge in [0, 0.05) is 28.9 Å². The Balaban J connectivity index is 2.72. The highest BCUT2D eigenvalue weighted by Gasteiger charge is 2.10. The van der Waals surface area contributed by atoms with Crippen molar-refractivity contribution in [2.24, 2.45) is 0 Å². The molecule has 0 saturated carbocycles. The number of carbonyl (C=O) groups excluding carboxylic acids is 1. The highest BCUT2D eigenvalue weighted by Crippen LogP contribution is 2.16. The lowest BCUT2D eigenvalue weighted by molar-refractivity contribution is 0.0934. The first-order chi connectivity index (χ1) is 7.52. The van der Waals surface area contributed by atoms with Crippen molar-refractivity contribution in [2.75, 3.05) is 12.3 Å². The molecule has 0 aromatic heterocycles. The molecule has 1 aromatic rings. The summed E-state index contributed by atoms with van der Waals surface area (Å²) in [4.78, 5) is 11.7. The van der Waals surface area contributed by atoms with Gasteiger partial charge in [-0.25, -0.2) is 0 Å². The third-order valence-corrected chi connectivity index (χ3v) is 2.34. The van der Waals surface area contributed by atoms with Gasteiger partial charge >= 0.3 is 0 Å². The summed E-state index contributed by atoms with van der Waals surface area (Å²) in [6.45, 7) is 1.86. The topological polar surface area (TPSA) is 75.3 Å². The molecule has 0 aliphatic rings. The molecule has 88 valence electrons. The van der Waals surface area contributed by atoms with Gasteiger partial charge in [0.1, 0.15) is 0 Å². The Kier molecular flexibility index (Phi) is 4.58. The van der Waals surface area contributed by atoms with Gasteiger partial charge in [0.2, 0.25) is 0 Å². The number of halogens is 1. The molecule has 1 atom stereocenters. The number of carbonyl (C=O) groups is 1. The molecule has 0 fully saturated rings. The SMILES string of the molecule is CC(CCO)NC(=O)c1cc(N)cc(Cl)c1. The highest BCUT2D eigenvalue weighted by atomic mass is 35.5. The summed E-state index contributed by atoms with van der Waals surface area (Å²) in [6, 6.07) is 4.61. The minimum Gasteiger partial charge on any atom is -0.399 e. The zero-order chi connectivity index (χ0) is 12.1. The number of hydrogen-bond acceptors (Lipinski definition) is 3. The van der Waals surface area contributed by atoms with Crippen LogP contribution in [0.2, 0.25) is 5.02 Å². The summed E-state index contributed by atoms with van der Waals surface area (Å²) < 4.78 is 0. The number of hydrogen-bond donors (Lipinski definition) is 3. The summed E-state index contributed by atoms with van der Waals surface area (Å²) in [5, 5.41) is 11.9. The van der Waals surface area contributed by atoms with Crippen LogP contribution in [0.4, 0.5) is 5.69 Å². The first kappa shape index (κ1) is 12.8. The monoisotopic (exact) mass is 242 g/mol. The number of anilines is 1. The Morgan fingerprint density at radius 3 is 2.81 bits per heavy atom. The molecule has 1 amide bonds. The van der Waals surface area contributed by atoms with Gasteiger partial charge in [0.25, 0.3) is 5.91 Å².